The van der Waals surface area contributed by atoms with Crippen molar-refractivity contribution in [3.05, 3.63) is 107 Å². The van der Waals surface area contributed by atoms with E-state index in [1.165, 1.54) is 44.5 Å². The van der Waals surface area contributed by atoms with Crippen molar-refractivity contribution in [2.75, 3.05) is 5.32 Å². The molecule has 0 saturated carbocycles. The Morgan fingerprint density at radius 1 is 0.448 bits per heavy atom. The monoisotopic (exact) mass is 377 g/mol. The van der Waals surface area contributed by atoms with Crippen LogP contribution in [0, 0.1) is 27.7 Å². The zero-order valence-corrected chi connectivity index (χ0v) is 17.6. The smallest absolute Gasteiger partial charge is 0.0384 e. The summed E-state index contributed by atoms with van der Waals surface area (Å²) >= 11 is 0. The van der Waals surface area contributed by atoms with Gasteiger partial charge in [-0.15, -0.1) is 0 Å². The van der Waals surface area contributed by atoms with Gasteiger partial charge in [0.2, 0.25) is 0 Å². The number of anilines is 2. The molecule has 4 aromatic rings. The molecule has 0 aromatic heterocycles. The molecule has 0 atom stereocenters. The molecule has 0 unspecified atom stereocenters. The first kappa shape index (κ1) is 19.0. The number of rotatable bonds is 4. The van der Waals surface area contributed by atoms with E-state index < -0.39 is 0 Å². The van der Waals surface area contributed by atoms with Crippen molar-refractivity contribution >= 4 is 11.4 Å². The Kier molecular flexibility index (Phi) is 5.22. The summed E-state index contributed by atoms with van der Waals surface area (Å²) in [6.07, 6.45) is 0. The van der Waals surface area contributed by atoms with Crippen molar-refractivity contribution < 1.29 is 0 Å². The molecule has 1 nitrogen and oxygen atoms in total. The van der Waals surface area contributed by atoms with Crippen LogP contribution in [0.3, 0.4) is 0 Å². The second-order valence-electron chi connectivity index (χ2n) is 7.77. The molecule has 0 amide bonds. The molecule has 29 heavy (non-hydrogen) atoms. The van der Waals surface area contributed by atoms with Crippen LogP contribution >= 0.6 is 0 Å². The molecule has 0 saturated heterocycles. The molecule has 0 spiro atoms. The Hall–Kier alpha value is -3.32. The van der Waals surface area contributed by atoms with Gasteiger partial charge in [0.1, 0.15) is 0 Å². The van der Waals surface area contributed by atoms with Crippen LogP contribution in [0.25, 0.3) is 22.3 Å². The van der Waals surface area contributed by atoms with Crippen molar-refractivity contribution in [1.82, 2.24) is 0 Å². The van der Waals surface area contributed by atoms with E-state index in [0.29, 0.717) is 0 Å². The quantitative estimate of drug-likeness (QED) is 0.380. The largest absolute Gasteiger partial charge is 0.356 e. The summed E-state index contributed by atoms with van der Waals surface area (Å²) in [5, 5.41) is 3.51. The van der Waals surface area contributed by atoms with Gasteiger partial charge in [0.25, 0.3) is 0 Å². The fourth-order valence-corrected chi connectivity index (χ4v) is 3.76. The lowest BCUT2D eigenvalue weighted by molar-refractivity contribution is 1.34. The molecule has 0 aliphatic carbocycles. The minimum absolute atomic E-state index is 1.10. The summed E-state index contributed by atoms with van der Waals surface area (Å²) in [4.78, 5) is 0. The molecule has 0 aliphatic rings. The zero-order valence-electron chi connectivity index (χ0n) is 17.6. The van der Waals surface area contributed by atoms with Gasteiger partial charge in [0.15, 0.2) is 0 Å². The lowest BCUT2D eigenvalue weighted by atomic mass is 9.97. The van der Waals surface area contributed by atoms with E-state index in [9.17, 15) is 0 Å². The van der Waals surface area contributed by atoms with Crippen LogP contribution in [0.5, 0.6) is 0 Å². The Morgan fingerprint density at radius 3 is 1.21 bits per heavy atom. The van der Waals surface area contributed by atoms with E-state index in [-0.39, 0.29) is 0 Å². The van der Waals surface area contributed by atoms with Gasteiger partial charge in [-0.3, -0.25) is 0 Å². The summed E-state index contributed by atoms with van der Waals surface area (Å²) in [5.74, 6) is 0. The lowest BCUT2D eigenvalue weighted by Gasteiger charge is -2.12. The van der Waals surface area contributed by atoms with Gasteiger partial charge in [-0.1, -0.05) is 60.7 Å². The van der Waals surface area contributed by atoms with Gasteiger partial charge in [0.05, 0.1) is 0 Å². The highest BCUT2D eigenvalue weighted by Gasteiger charge is 2.06. The fourth-order valence-electron chi connectivity index (χ4n) is 3.76. The van der Waals surface area contributed by atoms with Crippen LogP contribution in [0.15, 0.2) is 84.9 Å². The van der Waals surface area contributed by atoms with Gasteiger partial charge in [0, 0.05) is 11.4 Å². The summed E-state index contributed by atoms with van der Waals surface area (Å²) in [6.45, 7) is 8.70. The van der Waals surface area contributed by atoms with Crippen molar-refractivity contribution in [2.45, 2.75) is 27.7 Å². The normalized spacial score (nSPS) is 10.8. The topological polar surface area (TPSA) is 12.0 Å². The van der Waals surface area contributed by atoms with Gasteiger partial charge in [-0.2, -0.15) is 0 Å². The number of nitrogens with one attached hydrogen (secondary N) is 1. The Balaban J connectivity index is 1.52. The highest BCUT2D eigenvalue weighted by molar-refractivity contribution is 5.73. The second kappa shape index (κ2) is 7.97. The highest BCUT2D eigenvalue weighted by atomic mass is 14.9. The first-order valence-electron chi connectivity index (χ1n) is 10.1. The Bertz CT molecular complexity index is 1040. The van der Waals surface area contributed by atoms with Crippen molar-refractivity contribution in [2.24, 2.45) is 0 Å². The first-order chi connectivity index (χ1) is 14.0. The van der Waals surface area contributed by atoms with E-state index in [1.807, 2.05) is 0 Å². The summed E-state index contributed by atoms with van der Waals surface area (Å²) < 4.78 is 0. The first-order valence-corrected chi connectivity index (χ1v) is 10.1. The lowest BCUT2D eigenvalue weighted by Crippen LogP contribution is -1.92. The molecule has 0 fully saturated rings. The predicted octanol–water partition coefficient (Wildman–Crippen LogP) is 8.00. The Morgan fingerprint density at radius 2 is 0.828 bits per heavy atom. The van der Waals surface area contributed by atoms with Crippen LogP contribution < -0.4 is 5.32 Å². The van der Waals surface area contributed by atoms with Crippen LogP contribution in [-0.4, -0.2) is 0 Å². The van der Waals surface area contributed by atoms with E-state index in [1.54, 1.807) is 0 Å². The predicted molar refractivity (Wildman–Crippen MR) is 126 cm³/mol. The fraction of sp³-hybridized carbons (Fsp3) is 0.143. The van der Waals surface area contributed by atoms with E-state index in [0.717, 1.165) is 11.4 Å². The third-order valence-corrected chi connectivity index (χ3v) is 5.89. The minimum atomic E-state index is 1.10. The zero-order chi connectivity index (χ0) is 20.4. The van der Waals surface area contributed by atoms with Gasteiger partial charge < -0.3 is 5.32 Å². The molecule has 0 bridgehead atoms. The van der Waals surface area contributed by atoms with Crippen LogP contribution in [0.4, 0.5) is 11.4 Å². The third-order valence-electron chi connectivity index (χ3n) is 5.89. The standard InChI is InChI=1S/C28H27N/c1-19-7-5-9-27(21(19)3)23-11-15-25(16-12-23)29-26-17-13-24(14-18-26)28-10-6-8-20(2)22(28)4/h5-18,29H,1-4H3. The summed E-state index contributed by atoms with van der Waals surface area (Å²) in [5.41, 5.74) is 12.6. The average molecular weight is 378 g/mol. The minimum Gasteiger partial charge on any atom is -0.356 e. The van der Waals surface area contributed by atoms with Crippen LogP contribution in [0.2, 0.25) is 0 Å². The third kappa shape index (κ3) is 3.95. The molecule has 4 aromatic carbocycles. The van der Waals surface area contributed by atoms with E-state index in [4.69, 9.17) is 0 Å². The van der Waals surface area contributed by atoms with Crippen LogP contribution in [-0.2, 0) is 0 Å². The summed E-state index contributed by atoms with van der Waals surface area (Å²) in [7, 11) is 0. The average Bonchev–Trinajstić information content (AvgIpc) is 2.74. The maximum atomic E-state index is 3.51. The maximum absolute atomic E-state index is 3.51. The highest BCUT2D eigenvalue weighted by Crippen LogP contribution is 2.29. The van der Waals surface area contributed by atoms with E-state index in [2.05, 4.69) is 118 Å². The molecule has 1 heteroatoms. The number of hydrogen-bond donors (Lipinski definition) is 1. The van der Waals surface area contributed by atoms with Crippen molar-refractivity contribution in [3.8, 4) is 22.3 Å². The number of aryl methyl sites for hydroxylation is 2. The van der Waals surface area contributed by atoms with Crippen molar-refractivity contribution in [3.63, 3.8) is 0 Å². The molecular weight excluding hydrogens is 350 g/mol. The number of benzene rings is 4. The molecule has 144 valence electrons. The molecular formula is C28H27N. The SMILES string of the molecule is Cc1cccc(-c2ccc(Nc3ccc(-c4cccc(C)c4C)cc3)cc2)c1C. The molecule has 0 radical (unpaired) electrons. The Labute approximate surface area is 174 Å². The second-order valence-corrected chi connectivity index (χ2v) is 7.77. The van der Waals surface area contributed by atoms with Crippen LogP contribution in [0.1, 0.15) is 22.3 Å². The molecule has 0 aliphatic heterocycles. The molecule has 0 heterocycles. The van der Waals surface area contributed by atoms with Gasteiger partial charge >= 0.3 is 0 Å². The van der Waals surface area contributed by atoms with E-state index >= 15 is 0 Å². The van der Waals surface area contributed by atoms with Gasteiger partial charge in [-0.05, 0) is 96.5 Å². The summed E-state index contributed by atoms with van der Waals surface area (Å²) in [6, 6.07) is 30.3. The van der Waals surface area contributed by atoms with Crippen molar-refractivity contribution in [1.29, 1.82) is 0 Å². The maximum Gasteiger partial charge on any atom is 0.0384 e. The van der Waals surface area contributed by atoms with Gasteiger partial charge in [-0.25, -0.2) is 0 Å². The molecule has 1 N–H and O–H groups in total. The number of hydrogen-bond acceptors (Lipinski definition) is 1. The molecule has 4 rings (SSSR count).